The Morgan fingerprint density at radius 3 is 2.23 bits per heavy atom. The summed E-state index contributed by atoms with van der Waals surface area (Å²) in [6, 6.07) is 7.18. The Balaban J connectivity index is 1.67. The zero-order chi connectivity index (χ0) is 22.4. The number of rotatable bonds is 6. The van der Waals surface area contributed by atoms with Crippen LogP contribution in [0.1, 0.15) is 68.3 Å². The molecule has 170 valence electrons. The fraction of sp³-hybridized carbons (Fsp3) is 0.640. The summed E-state index contributed by atoms with van der Waals surface area (Å²) in [7, 11) is 0. The Morgan fingerprint density at radius 1 is 0.968 bits per heavy atom. The monoisotopic (exact) mass is 427 g/mol. The molecule has 0 saturated carbocycles. The van der Waals surface area contributed by atoms with E-state index in [-0.39, 0.29) is 29.6 Å². The molecule has 1 aromatic rings. The largest absolute Gasteiger partial charge is 0.344 e. The molecular weight excluding hydrogens is 390 g/mol. The van der Waals surface area contributed by atoms with Gasteiger partial charge in [0, 0.05) is 38.2 Å². The molecule has 0 bridgehead atoms. The summed E-state index contributed by atoms with van der Waals surface area (Å²) in [5.41, 5.74) is 1.72. The Labute approximate surface area is 186 Å². The van der Waals surface area contributed by atoms with Crippen LogP contribution in [0.3, 0.4) is 0 Å². The number of piperidine rings is 2. The van der Waals surface area contributed by atoms with Gasteiger partial charge in [-0.15, -0.1) is 0 Å². The second-order valence-corrected chi connectivity index (χ2v) is 9.47. The average molecular weight is 428 g/mol. The van der Waals surface area contributed by atoms with Crippen LogP contribution in [0.5, 0.6) is 0 Å². The molecule has 3 rings (SSSR count). The average Bonchev–Trinajstić information content (AvgIpc) is 2.77. The predicted octanol–water partition coefficient (Wildman–Crippen LogP) is 3.39. The van der Waals surface area contributed by atoms with Crippen LogP contribution in [-0.2, 0) is 9.59 Å². The van der Waals surface area contributed by atoms with Crippen LogP contribution in [0, 0.1) is 18.8 Å². The lowest BCUT2D eigenvalue weighted by Crippen LogP contribution is -2.55. The van der Waals surface area contributed by atoms with Crippen LogP contribution in [0.4, 0.5) is 0 Å². The number of hydrogen-bond donors (Lipinski definition) is 1. The maximum atomic E-state index is 13.3. The van der Waals surface area contributed by atoms with Gasteiger partial charge in [0.25, 0.3) is 5.91 Å². The van der Waals surface area contributed by atoms with Crippen molar-refractivity contribution in [3.63, 3.8) is 0 Å². The van der Waals surface area contributed by atoms with E-state index in [1.807, 2.05) is 54.8 Å². The quantitative estimate of drug-likeness (QED) is 0.757. The number of carbonyl (C=O) groups is 3. The van der Waals surface area contributed by atoms with Gasteiger partial charge in [-0.3, -0.25) is 14.4 Å². The minimum atomic E-state index is -0.486. The summed E-state index contributed by atoms with van der Waals surface area (Å²) >= 11 is 0. The summed E-state index contributed by atoms with van der Waals surface area (Å²) in [5, 5.41) is 3.07. The number of nitrogens with zero attached hydrogens (tertiary/aromatic N) is 2. The highest BCUT2D eigenvalue weighted by molar-refractivity contribution is 5.95. The SMILES string of the molecule is Cc1ccccc1C(=O)N1CCC([C@H](NC(=O)CC(C)C)C(=O)N2CCCCC2)CC1. The van der Waals surface area contributed by atoms with Crippen molar-refractivity contribution < 1.29 is 14.4 Å². The standard InChI is InChI=1S/C25H37N3O3/c1-18(2)17-22(29)26-23(25(31)27-13-7-4-8-14-27)20-11-15-28(16-12-20)24(30)21-10-6-5-9-19(21)3/h5-6,9-10,18,20,23H,4,7-8,11-17H2,1-3H3,(H,26,29)/t23-/m0/s1. The number of aryl methyl sites for hydroxylation is 1. The Bertz CT molecular complexity index is 778. The van der Waals surface area contributed by atoms with Gasteiger partial charge in [0.2, 0.25) is 11.8 Å². The third-order valence-corrected chi connectivity index (χ3v) is 6.52. The molecule has 6 heteroatoms. The third kappa shape index (κ3) is 6.08. The number of amides is 3. The smallest absolute Gasteiger partial charge is 0.254 e. The lowest BCUT2D eigenvalue weighted by molar-refractivity contribution is -0.139. The number of carbonyl (C=O) groups excluding carboxylic acids is 3. The van der Waals surface area contributed by atoms with E-state index >= 15 is 0 Å². The highest BCUT2D eigenvalue weighted by Crippen LogP contribution is 2.25. The molecule has 0 unspecified atom stereocenters. The summed E-state index contributed by atoms with van der Waals surface area (Å²) in [6.45, 7) is 8.76. The van der Waals surface area contributed by atoms with E-state index in [2.05, 4.69) is 5.32 Å². The highest BCUT2D eigenvalue weighted by atomic mass is 16.2. The summed E-state index contributed by atoms with van der Waals surface area (Å²) < 4.78 is 0. The van der Waals surface area contributed by atoms with Gasteiger partial charge >= 0.3 is 0 Å². The van der Waals surface area contributed by atoms with E-state index in [0.717, 1.165) is 56.3 Å². The first-order valence-electron chi connectivity index (χ1n) is 11.8. The Kier molecular flexibility index (Phi) is 8.10. The molecule has 0 aromatic heterocycles. The zero-order valence-electron chi connectivity index (χ0n) is 19.2. The van der Waals surface area contributed by atoms with E-state index in [1.54, 1.807) is 0 Å². The molecule has 31 heavy (non-hydrogen) atoms. The second kappa shape index (κ2) is 10.8. The van der Waals surface area contributed by atoms with Crippen molar-refractivity contribution in [3.05, 3.63) is 35.4 Å². The maximum Gasteiger partial charge on any atom is 0.254 e. The van der Waals surface area contributed by atoms with Crippen LogP contribution in [0.25, 0.3) is 0 Å². The predicted molar refractivity (Wildman–Crippen MR) is 122 cm³/mol. The van der Waals surface area contributed by atoms with Crippen LogP contribution in [0.15, 0.2) is 24.3 Å². The number of benzene rings is 1. The minimum Gasteiger partial charge on any atom is -0.344 e. The molecule has 0 radical (unpaired) electrons. The van der Waals surface area contributed by atoms with Crippen molar-refractivity contribution in [3.8, 4) is 0 Å². The Morgan fingerprint density at radius 2 is 1.61 bits per heavy atom. The molecule has 6 nitrogen and oxygen atoms in total. The zero-order valence-corrected chi connectivity index (χ0v) is 19.2. The van der Waals surface area contributed by atoms with Gasteiger partial charge in [-0.1, -0.05) is 32.0 Å². The second-order valence-electron chi connectivity index (χ2n) is 9.47. The van der Waals surface area contributed by atoms with Crippen molar-refractivity contribution in [1.29, 1.82) is 0 Å². The molecule has 1 atom stereocenters. The van der Waals surface area contributed by atoms with Crippen molar-refractivity contribution in [2.75, 3.05) is 26.2 Å². The van der Waals surface area contributed by atoms with Gasteiger partial charge < -0.3 is 15.1 Å². The van der Waals surface area contributed by atoms with Gasteiger partial charge in [0.05, 0.1) is 0 Å². The molecule has 0 spiro atoms. The normalized spacial score (nSPS) is 18.7. The summed E-state index contributed by atoms with van der Waals surface area (Å²) in [6.07, 6.45) is 5.10. The fourth-order valence-electron chi connectivity index (χ4n) is 4.71. The van der Waals surface area contributed by atoms with E-state index in [0.29, 0.717) is 19.5 Å². The lowest BCUT2D eigenvalue weighted by atomic mass is 9.87. The molecule has 2 heterocycles. The van der Waals surface area contributed by atoms with Gasteiger partial charge in [-0.05, 0) is 62.5 Å². The van der Waals surface area contributed by atoms with E-state index in [4.69, 9.17) is 0 Å². The van der Waals surface area contributed by atoms with Crippen LogP contribution in [0.2, 0.25) is 0 Å². The van der Waals surface area contributed by atoms with Gasteiger partial charge in [0.1, 0.15) is 6.04 Å². The van der Waals surface area contributed by atoms with Crippen LogP contribution < -0.4 is 5.32 Å². The Hall–Kier alpha value is -2.37. The first-order valence-corrected chi connectivity index (χ1v) is 11.8. The minimum absolute atomic E-state index is 0.0521. The summed E-state index contributed by atoms with van der Waals surface area (Å²) in [5.74, 6) is 0.370. The molecule has 2 aliphatic heterocycles. The highest BCUT2D eigenvalue weighted by Gasteiger charge is 2.36. The van der Waals surface area contributed by atoms with Crippen LogP contribution >= 0.6 is 0 Å². The molecule has 1 aromatic carbocycles. The molecule has 2 fully saturated rings. The van der Waals surface area contributed by atoms with Crippen molar-refractivity contribution in [2.45, 2.75) is 65.3 Å². The third-order valence-electron chi connectivity index (χ3n) is 6.52. The van der Waals surface area contributed by atoms with E-state index < -0.39 is 6.04 Å². The lowest BCUT2D eigenvalue weighted by Gasteiger charge is -2.38. The molecule has 0 aliphatic carbocycles. The molecule has 2 aliphatic rings. The van der Waals surface area contributed by atoms with Gasteiger partial charge in [0.15, 0.2) is 0 Å². The molecular formula is C25H37N3O3. The number of likely N-dealkylation sites (tertiary alicyclic amines) is 2. The topological polar surface area (TPSA) is 69.7 Å². The maximum absolute atomic E-state index is 13.3. The number of hydrogen-bond acceptors (Lipinski definition) is 3. The number of nitrogens with one attached hydrogen (secondary N) is 1. The van der Waals surface area contributed by atoms with Crippen molar-refractivity contribution in [2.24, 2.45) is 11.8 Å². The first-order chi connectivity index (χ1) is 14.9. The van der Waals surface area contributed by atoms with Crippen LogP contribution in [-0.4, -0.2) is 59.7 Å². The molecule has 1 N–H and O–H groups in total. The molecule has 2 saturated heterocycles. The summed E-state index contributed by atoms with van der Waals surface area (Å²) in [4.78, 5) is 42.6. The van der Waals surface area contributed by atoms with Gasteiger partial charge in [-0.2, -0.15) is 0 Å². The fourth-order valence-corrected chi connectivity index (χ4v) is 4.71. The van der Waals surface area contributed by atoms with Crippen molar-refractivity contribution >= 4 is 17.7 Å². The van der Waals surface area contributed by atoms with E-state index in [1.165, 1.54) is 0 Å². The molecule has 3 amide bonds. The van der Waals surface area contributed by atoms with E-state index in [9.17, 15) is 14.4 Å². The first kappa shape index (κ1) is 23.3. The van der Waals surface area contributed by atoms with Gasteiger partial charge in [-0.25, -0.2) is 0 Å². The van der Waals surface area contributed by atoms with Crippen molar-refractivity contribution in [1.82, 2.24) is 15.1 Å².